The minimum Gasteiger partial charge on any atom is -0.324 e. The summed E-state index contributed by atoms with van der Waals surface area (Å²) in [5.74, 6) is 1.60. The molecule has 1 heterocycles. The van der Waals surface area contributed by atoms with Gasteiger partial charge in [0.1, 0.15) is 0 Å². The number of aromatic nitrogens is 3. The summed E-state index contributed by atoms with van der Waals surface area (Å²) in [5, 5.41) is 4.28. The largest absolute Gasteiger partial charge is 0.324 e. The van der Waals surface area contributed by atoms with Gasteiger partial charge in [-0.1, -0.05) is 12.1 Å². The molecular formula is C13H16N4. The second kappa shape index (κ2) is 3.96. The first-order valence-corrected chi connectivity index (χ1v) is 6.00. The van der Waals surface area contributed by atoms with Crippen LogP contribution in [0.15, 0.2) is 18.2 Å². The average Bonchev–Trinajstić information content (AvgIpc) is 2.93. The van der Waals surface area contributed by atoms with Crippen molar-refractivity contribution < 1.29 is 0 Å². The normalized spacial score (nSPS) is 14.0. The lowest BCUT2D eigenvalue weighted by atomic mass is 10.1. The van der Waals surface area contributed by atoms with Crippen molar-refractivity contribution in [2.45, 2.75) is 25.8 Å². The molecular weight excluding hydrogens is 212 g/mol. The molecule has 2 N–H and O–H groups in total. The van der Waals surface area contributed by atoms with E-state index in [0.29, 0.717) is 12.4 Å². The van der Waals surface area contributed by atoms with Gasteiger partial charge in [-0.3, -0.25) is 0 Å². The Bertz CT molecular complexity index is 557. The number of aryl methyl sites for hydroxylation is 3. The van der Waals surface area contributed by atoms with E-state index in [1.807, 2.05) is 7.05 Å². The number of fused-ring (bicyclic) bond motifs is 1. The molecule has 1 aliphatic rings. The Kier molecular flexibility index (Phi) is 2.44. The van der Waals surface area contributed by atoms with E-state index >= 15 is 0 Å². The number of rotatable bonds is 2. The summed E-state index contributed by atoms with van der Waals surface area (Å²) in [6.07, 6.45) is 3.67. The predicted octanol–water partition coefficient (Wildman–Crippen LogP) is 1.43. The van der Waals surface area contributed by atoms with Crippen LogP contribution in [-0.4, -0.2) is 14.8 Å². The van der Waals surface area contributed by atoms with Crippen LogP contribution in [0.1, 0.15) is 23.4 Å². The lowest BCUT2D eigenvalue weighted by molar-refractivity contribution is 0.749. The van der Waals surface area contributed by atoms with Crippen LogP contribution < -0.4 is 5.73 Å². The molecule has 4 heteroatoms. The summed E-state index contributed by atoms with van der Waals surface area (Å²) in [7, 11) is 1.91. The van der Waals surface area contributed by atoms with E-state index < -0.39 is 0 Å². The summed E-state index contributed by atoms with van der Waals surface area (Å²) < 4.78 is 1.80. The Morgan fingerprint density at radius 1 is 1.29 bits per heavy atom. The predicted molar refractivity (Wildman–Crippen MR) is 66.4 cm³/mol. The average molecular weight is 228 g/mol. The van der Waals surface area contributed by atoms with Gasteiger partial charge >= 0.3 is 0 Å². The Balaban J connectivity index is 2.06. The fourth-order valence-electron chi connectivity index (χ4n) is 2.49. The van der Waals surface area contributed by atoms with Crippen molar-refractivity contribution in [3.05, 3.63) is 35.2 Å². The van der Waals surface area contributed by atoms with Gasteiger partial charge in [0.15, 0.2) is 11.6 Å². The Morgan fingerprint density at radius 2 is 2.12 bits per heavy atom. The van der Waals surface area contributed by atoms with Crippen LogP contribution in [0.2, 0.25) is 0 Å². The van der Waals surface area contributed by atoms with Crippen LogP contribution in [0.4, 0.5) is 0 Å². The van der Waals surface area contributed by atoms with Gasteiger partial charge in [-0.05, 0) is 36.5 Å². The molecule has 0 fully saturated rings. The maximum absolute atomic E-state index is 5.56. The van der Waals surface area contributed by atoms with E-state index in [1.54, 1.807) is 4.68 Å². The smallest absolute Gasteiger partial charge is 0.164 e. The van der Waals surface area contributed by atoms with E-state index in [1.165, 1.54) is 30.4 Å². The van der Waals surface area contributed by atoms with Crippen molar-refractivity contribution in [1.29, 1.82) is 0 Å². The SMILES string of the molecule is Cn1nc(CN)nc1-c1ccc2c(c1)CCC2. The number of benzene rings is 1. The third-order valence-corrected chi connectivity index (χ3v) is 3.35. The molecule has 1 aliphatic carbocycles. The number of nitrogens with two attached hydrogens (primary N) is 1. The zero-order valence-corrected chi connectivity index (χ0v) is 9.98. The first-order valence-electron chi connectivity index (χ1n) is 6.00. The zero-order chi connectivity index (χ0) is 11.8. The highest BCUT2D eigenvalue weighted by atomic mass is 15.3. The second-order valence-electron chi connectivity index (χ2n) is 4.52. The van der Waals surface area contributed by atoms with Crippen LogP contribution in [0.5, 0.6) is 0 Å². The first-order chi connectivity index (χ1) is 8.28. The number of hydrogen-bond acceptors (Lipinski definition) is 3. The van der Waals surface area contributed by atoms with E-state index in [-0.39, 0.29) is 0 Å². The maximum Gasteiger partial charge on any atom is 0.164 e. The summed E-state index contributed by atoms with van der Waals surface area (Å²) in [5.41, 5.74) is 9.64. The van der Waals surface area contributed by atoms with Crippen molar-refractivity contribution in [2.75, 3.05) is 0 Å². The van der Waals surface area contributed by atoms with Gasteiger partial charge in [-0.15, -0.1) is 0 Å². The van der Waals surface area contributed by atoms with Crippen molar-refractivity contribution in [2.24, 2.45) is 12.8 Å². The van der Waals surface area contributed by atoms with Crippen LogP contribution in [0.25, 0.3) is 11.4 Å². The van der Waals surface area contributed by atoms with E-state index in [2.05, 4.69) is 28.3 Å². The molecule has 0 saturated heterocycles. The Hall–Kier alpha value is -1.68. The molecule has 4 nitrogen and oxygen atoms in total. The van der Waals surface area contributed by atoms with Gasteiger partial charge < -0.3 is 5.73 Å². The molecule has 0 radical (unpaired) electrons. The molecule has 0 unspecified atom stereocenters. The van der Waals surface area contributed by atoms with Gasteiger partial charge in [0.05, 0.1) is 6.54 Å². The molecule has 0 aliphatic heterocycles. The lowest BCUT2D eigenvalue weighted by Crippen LogP contribution is -1.99. The minimum atomic E-state index is 0.388. The molecule has 2 aromatic rings. The highest BCUT2D eigenvalue weighted by molar-refractivity contribution is 5.58. The third-order valence-electron chi connectivity index (χ3n) is 3.35. The minimum absolute atomic E-state index is 0.388. The standard InChI is InChI=1S/C13H16N4/c1-17-13(15-12(8-14)16-17)11-6-5-9-3-2-4-10(9)7-11/h5-7H,2-4,8,14H2,1H3. The monoisotopic (exact) mass is 228 g/mol. The quantitative estimate of drug-likeness (QED) is 0.846. The number of nitrogens with zero attached hydrogens (tertiary/aromatic N) is 3. The van der Waals surface area contributed by atoms with Crippen molar-refractivity contribution in [1.82, 2.24) is 14.8 Å². The summed E-state index contributed by atoms with van der Waals surface area (Å²) in [6, 6.07) is 6.59. The zero-order valence-electron chi connectivity index (χ0n) is 9.98. The van der Waals surface area contributed by atoms with Crippen molar-refractivity contribution in [3.8, 4) is 11.4 Å². The molecule has 88 valence electrons. The molecule has 0 amide bonds. The second-order valence-corrected chi connectivity index (χ2v) is 4.52. The van der Waals surface area contributed by atoms with Crippen LogP contribution in [-0.2, 0) is 26.4 Å². The highest BCUT2D eigenvalue weighted by Gasteiger charge is 2.14. The van der Waals surface area contributed by atoms with Crippen LogP contribution in [0.3, 0.4) is 0 Å². The van der Waals surface area contributed by atoms with Crippen molar-refractivity contribution in [3.63, 3.8) is 0 Å². The molecule has 0 bridgehead atoms. The molecule has 3 rings (SSSR count). The topological polar surface area (TPSA) is 56.7 Å². The highest BCUT2D eigenvalue weighted by Crippen LogP contribution is 2.26. The molecule has 0 atom stereocenters. The van der Waals surface area contributed by atoms with E-state index in [0.717, 1.165) is 11.4 Å². The van der Waals surface area contributed by atoms with Crippen LogP contribution >= 0.6 is 0 Å². The molecule has 0 saturated carbocycles. The number of hydrogen-bond donors (Lipinski definition) is 1. The molecule has 1 aromatic carbocycles. The molecule has 0 spiro atoms. The molecule has 1 aromatic heterocycles. The van der Waals surface area contributed by atoms with Crippen LogP contribution in [0, 0.1) is 0 Å². The fourth-order valence-corrected chi connectivity index (χ4v) is 2.49. The molecule has 17 heavy (non-hydrogen) atoms. The maximum atomic E-state index is 5.56. The van der Waals surface area contributed by atoms with Gasteiger partial charge in [-0.2, -0.15) is 5.10 Å². The summed E-state index contributed by atoms with van der Waals surface area (Å²) in [6.45, 7) is 0.388. The summed E-state index contributed by atoms with van der Waals surface area (Å²) in [4.78, 5) is 4.45. The van der Waals surface area contributed by atoms with Gasteiger partial charge in [0, 0.05) is 12.6 Å². The third kappa shape index (κ3) is 1.74. The lowest BCUT2D eigenvalue weighted by Gasteiger charge is -2.03. The summed E-state index contributed by atoms with van der Waals surface area (Å²) >= 11 is 0. The van der Waals surface area contributed by atoms with E-state index in [4.69, 9.17) is 5.73 Å². The van der Waals surface area contributed by atoms with Gasteiger partial charge in [0.25, 0.3) is 0 Å². The fraction of sp³-hybridized carbons (Fsp3) is 0.385. The Labute approximate surface area is 100 Å². The first kappa shape index (κ1) is 10.5. The Morgan fingerprint density at radius 3 is 2.88 bits per heavy atom. The van der Waals surface area contributed by atoms with Gasteiger partial charge in [-0.25, -0.2) is 9.67 Å². The van der Waals surface area contributed by atoms with Crippen molar-refractivity contribution >= 4 is 0 Å². The van der Waals surface area contributed by atoms with Gasteiger partial charge in [0.2, 0.25) is 0 Å². The van der Waals surface area contributed by atoms with E-state index in [9.17, 15) is 0 Å².